The molecule has 0 aliphatic carbocycles. The Balaban J connectivity index is 1.65. The van der Waals surface area contributed by atoms with E-state index < -0.39 is 0 Å². The highest BCUT2D eigenvalue weighted by molar-refractivity contribution is 5.95. The Kier molecular flexibility index (Phi) is 3.70. The van der Waals surface area contributed by atoms with Crippen molar-refractivity contribution in [3.05, 3.63) is 41.7 Å². The summed E-state index contributed by atoms with van der Waals surface area (Å²) in [5.74, 6) is 0.765. The van der Waals surface area contributed by atoms with E-state index in [4.69, 9.17) is 4.52 Å². The van der Waals surface area contributed by atoms with Crippen molar-refractivity contribution in [2.75, 3.05) is 12.4 Å². The molecule has 1 aliphatic rings. The van der Waals surface area contributed by atoms with Gasteiger partial charge in [-0.05, 0) is 26.5 Å². The molecular weight excluding hydrogens is 282 g/mol. The fraction of sp³-hybridized carbons (Fsp3) is 0.400. The summed E-state index contributed by atoms with van der Waals surface area (Å²) < 4.78 is 6.91. The molecule has 0 radical (unpaired) electrons. The summed E-state index contributed by atoms with van der Waals surface area (Å²) in [6.45, 7) is 4.35. The third-order valence-electron chi connectivity index (χ3n) is 3.90. The molecule has 1 unspecified atom stereocenters. The first-order valence-electron chi connectivity index (χ1n) is 7.18. The van der Waals surface area contributed by atoms with Crippen LogP contribution in [0.1, 0.15) is 23.4 Å². The van der Waals surface area contributed by atoms with E-state index in [-0.39, 0.29) is 11.9 Å². The summed E-state index contributed by atoms with van der Waals surface area (Å²) in [6, 6.07) is -0.147. The molecule has 7 heteroatoms. The minimum atomic E-state index is -0.147. The fourth-order valence-electron chi connectivity index (χ4n) is 2.55. The first-order valence-corrected chi connectivity index (χ1v) is 7.18. The predicted molar refractivity (Wildman–Crippen MR) is 81.2 cm³/mol. The third-order valence-corrected chi connectivity index (χ3v) is 3.90. The maximum Gasteiger partial charge on any atom is 0.247 e. The number of rotatable bonds is 4. The standard InChI is InChI=1S/C15H19N5O2/c1-10-13(11(2)22-18-10)9-20-8-12(7-16-20)17-15(21)14-5-4-6-19(14)3/h4,6-8,14H,5,9H2,1-3H3,(H,17,21). The van der Waals surface area contributed by atoms with Gasteiger partial charge >= 0.3 is 0 Å². The number of nitrogens with one attached hydrogen (secondary N) is 1. The Morgan fingerprint density at radius 1 is 1.50 bits per heavy atom. The SMILES string of the molecule is Cc1noc(C)c1Cn1cc(NC(=O)C2CC=CN2C)cn1. The van der Waals surface area contributed by atoms with Crippen LogP contribution < -0.4 is 5.32 Å². The second-order valence-corrected chi connectivity index (χ2v) is 5.52. The van der Waals surface area contributed by atoms with Crippen molar-refractivity contribution < 1.29 is 9.32 Å². The number of hydrogen-bond acceptors (Lipinski definition) is 5. The molecule has 1 N–H and O–H groups in total. The van der Waals surface area contributed by atoms with E-state index in [1.165, 1.54) is 0 Å². The Hall–Kier alpha value is -2.57. The van der Waals surface area contributed by atoms with Gasteiger partial charge in [-0.1, -0.05) is 11.2 Å². The van der Waals surface area contributed by atoms with Gasteiger partial charge in [0.2, 0.25) is 5.91 Å². The molecular formula is C15H19N5O2. The molecule has 3 heterocycles. The second kappa shape index (κ2) is 5.67. The molecule has 2 aromatic rings. The van der Waals surface area contributed by atoms with Crippen molar-refractivity contribution in [1.29, 1.82) is 0 Å². The van der Waals surface area contributed by atoms with Gasteiger partial charge in [-0.2, -0.15) is 5.10 Å². The highest BCUT2D eigenvalue weighted by Crippen LogP contribution is 2.17. The molecule has 0 aromatic carbocycles. The molecule has 0 fully saturated rings. The number of aromatic nitrogens is 3. The van der Waals surface area contributed by atoms with Gasteiger partial charge in [0.05, 0.1) is 24.1 Å². The summed E-state index contributed by atoms with van der Waals surface area (Å²) in [6.07, 6.45) is 8.11. The van der Waals surface area contributed by atoms with Crippen molar-refractivity contribution in [3.8, 4) is 0 Å². The molecule has 0 saturated carbocycles. The largest absolute Gasteiger partial charge is 0.369 e. The number of carbonyl (C=O) groups is 1. The number of amides is 1. The average Bonchev–Trinajstić information content (AvgIpc) is 3.17. The molecule has 1 atom stereocenters. The van der Waals surface area contributed by atoms with E-state index >= 15 is 0 Å². The van der Waals surface area contributed by atoms with Crippen LogP contribution in [0, 0.1) is 13.8 Å². The van der Waals surface area contributed by atoms with Crippen molar-refractivity contribution >= 4 is 11.6 Å². The molecule has 0 spiro atoms. The Morgan fingerprint density at radius 3 is 2.95 bits per heavy atom. The van der Waals surface area contributed by atoms with Crippen LogP contribution in [0.3, 0.4) is 0 Å². The van der Waals surface area contributed by atoms with Gasteiger partial charge < -0.3 is 14.7 Å². The quantitative estimate of drug-likeness (QED) is 0.930. The monoisotopic (exact) mass is 301 g/mol. The van der Waals surface area contributed by atoms with Gasteiger partial charge in [-0.25, -0.2) is 0 Å². The molecule has 1 aliphatic heterocycles. The number of aryl methyl sites for hydroxylation is 2. The number of likely N-dealkylation sites (N-methyl/N-ethyl adjacent to an activating group) is 1. The van der Waals surface area contributed by atoms with Crippen molar-refractivity contribution in [2.24, 2.45) is 0 Å². The van der Waals surface area contributed by atoms with Crippen LogP contribution >= 0.6 is 0 Å². The summed E-state index contributed by atoms with van der Waals surface area (Å²) in [5, 5.41) is 11.1. The highest BCUT2D eigenvalue weighted by atomic mass is 16.5. The van der Waals surface area contributed by atoms with Crippen molar-refractivity contribution in [2.45, 2.75) is 32.9 Å². The molecule has 22 heavy (non-hydrogen) atoms. The fourth-order valence-corrected chi connectivity index (χ4v) is 2.55. The van der Waals surface area contributed by atoms with Gasteiger partial charge in [-0.3, -0.25) is 9.48 Å². The average molecular weight is 301 g/mol. The highest BCUT2D eigenvalue weighted by Gasteiger charge is 2.24. The summed E-state index contributed by atoms with van der Waals surface area (Å²) >= 11 is 0. The predicted octanol–water partition coefficient (Wildman–Crippen LogP) is 1.69. The van der Waals surface area contributed by atoms with Gasteiger partial charge in [0.15, 0.2) is 0 Å². The van der Waals surface area contributed by atoms with Gasteiger partial charge in [0.25, 0.3) is 0 Å². The lowest BCUT2D eigenvalue weighted by Crippen LogP contribution is -2.35. The topological polar surface area (TPSA) is 76.2 Å². The van der Waals surface area contributed by atoms with Crippen LogP contribution in [0.4, 0.5) is 5.69 Å². The van der Waals surface area contributed by atoms with Crippen molar-refractivity contribution in [3.63, 3.8) is 0 Å². The lowest BCUT2D eigenvalue weighted by Gasteiger charge is -2.19. The first kappa shape index (κ1) is 14.4. The zero-order chi connectivity index (χ0) is 15.7. The lowest BCUT2D eigenvalue weighted by atomic mass is 10.2. The van der Waals surface area contributed by atoms with Gasteiger partial charge in [0, 0.05) is 18.8 Å². The zero-order valence-electron chi connectivity index (χ0n) is 12.9. The molecule has 0 saturated heterocycles. The molecule has 116 valence electrons. The normalized spacial score (nSPS) is 17.2. The van der Waals surface area contributed by atoms with E-state index in [1.807, 2.05) is 44.3 Å². The van der Waals surface area contributed by atoms with Crippen molar-refractivity contribution in [1.82, 2.24) is 19.8 Å². The van der Waals surface area contributed by atoms with Crippen LogP contribution in [0.5, 0.6) is 0 Å². The molecule has 7 nitrogen and oxygen atoms in total. The number of anilines is 1. The minimum Gasteiger partial charge on any atom is -0.369 e. The summed E-state index contributed by atoms with van der Waals surface area (Å²) in [5.41, 5.74) is 2.56. The Labute approximate surface area is 128 Å². The maximum absolute atomic E-state index is 12.2. The van der Waals surface area contributed by atoms with Gasteiger partial charge in [0.1, 0.15) is 11.8 Å². The van der Waals surface area contributed by atoms with Crippen LogP contribution in [0.2, 0.25) is 0 Å². The molecule has 1 amide bonds. The van der Waals surface area contributed by atoms with Crippen LogP contribution in [0.15, 0.2) is 29.2 Å². The van der Waals surface area contributed by atoms with E-state index in [9.17, 15) is 4.79 Å². The number of carbonyl (C=O) groups excluding carboxylic acids is 1. The third kappa shape index (κ3) is 2.74. The Bertz CT molecular complexity index is 696. The summed E-state index contributed by atoms with van der Waals surface area (Å²) in [7, 11) is 1.90. The van der Waals surface area contributed by atoms with Crippen LogP contribution in [-0.2, 0) is 11.3 Å². The van der Waals surface area contributed by atoms with E-state index in [1.54, 1.807) is 10.9 Å². The van der Waals surface area contributed by atoms with Crippen LogP contribution in [0.25, 0.3) is 0 Å². The zero-order valence-corrected chi connectivity index (χ0v) is 12.9. The van der Waals surface area contributed by atoms with Gasteiger partial charge in [-0.15, -0.1) is 0 Å². The van der Waals surface area contributed by atoms with E-state index in [0.717, 1.165) is 23.4 Å². The second-order valence-electron chi connectivity index (χ2n) is 5.52. The van der Waals surface area contributed by atoms with E-state index in [0.29, 0.717) is 12.2 Å². The number of nitrogens with zero attached hydrogens (tertiary/aromatic N) is 4. The molecule has 2 aromatic heterocycles. The molecule has 0 bridgehead atoms. The molecule has 3 rings (SSSR count). The minimum absolute atomic E-state index is 0.0237. The Morgan fingerprint density at radius 2 is 2.32 bits per heavy atom. The first-order chi connectivity index (χ1) is 10.5. The van der Waals surface area contributed by atoms with E-state index in [2.05, 4.69) is 15.6 Å². The summed E-state index contributed by atoms with van der Waals surface area (Å²) in [4.78, 5) is 14.1. The van der Waals surface area contributed by atoms with Crippen LogP contribution in [-0.4, -0.2) is 38.8 Å². The smallest absolute Gasteiger partial charge is 0.247 e. The number of hydrogen-bond donors (Lipinski definition) is 1. The lowest BCUT2D eigenvalue weighted by molar-refractivity contribution is -0.119. The maximum atomic E-state index is 12.2.